The molecule has 0 aromatic heterocycles. The van der Waals surface area contributed by atoms with E-state index in [4.69, 9.17) is 9.84 Å². The van der Waals surface area contributed by atoms with E-state index in [-0.39, 0.29) is 25.0 Å². The molecule has 8 nitrogen and oxygen atoms in total. The molecule has 1 aliphatic heterocycles. The van der Waals surface area contributed by atoms with Gasteiger partial charge in [0.1, 0.15) is 6.61 Å². The van der Waals surface area contributed by atoms with Crippen LogP contribution in [-0.4, -0.2) is 78.8 Å². The van der Waals surface area contributed by atoms with Gasteiger partial charge in [0, 0.05) is 45.1 Å². The van der Waals surface area contributed by atoms with E-state index in [0.29, 0.717) is 52.0 Å². The number of nitrogens with zero attached hydrogens (tertiary/aromatic N) is 2. The highest BCUT2D eigenvalue weighted by Gasteiger charge is 2.29. The fourth-order valence-electron chi connectivity index (χ4n) is 4.97. The molecule has 0 saturated carbocycles. The summed E-state index contributed by atoms with van der Waals surface area (Å²) in [6, 6.07) is 16.5. The fraction of sp³-hybridized carbons (Fsp3) is 0.444. The molecule has 0 unspecified atom stereocenters. The predicted octanol–water partition coefficient (Wildman–Crippen LogP) is 3.31. The highest BCUT2D eigenvalue weighted by atomic mass is 16.5. The first-order valence-electron chi connectivity index (χ1n) is 12.3. The van der Waals surface area contributed by atoms with Crippen molar-refractivity contribution in [3.05, 3.63) is 59.7 Å². The molecule has 2 N–H and O–H groups in total. The number of hydrogen-bond donors (Lipinski definition) is 2. The normalized spacial score (nSPS) is 15.7. The fourth-order valence-corrected chi connectivity index (χ4v) is 4.97. The zero-order valence-electron chi connectivity index (χ0n) is 19.9. The first-order valence-corrected chi connectivity index (χ1v) is 12.3. The van der Waals surface area contributed by atoms with E-state index >= 15 is 0 Å². The molecule has 2 aromatic carbocycles. The van der Waals surface area contributed by atoms with Gasteiger partial charge < -0.3 is 20.1 Å². The maximum absolute atomic E-state index is 12.5. The number of unbranched alkanes of at least 4 members (excludes halogenated alkanes) is 1. The van der Waals surface area contributed by atoms with E-state index in [1.165, 1.54) is 22.3 Å². The van der Waals surface area contributed by atoms with Gasteiger partial charge in [-0.1, -0.05) is 48.5 Å². The van der Waals surface area contributed by atoms with E-state index in [1.807, 2.05) is 34.1 Å². The second-order valence-corrected chi connectivity index (χ2v) is 9.11. The smallest absolute Gasteiger partial charge is 0.407 e. The van der Waals surface area contributed by atoms with Gasteiger partial charge in [-0.25, -0.2) is 4.79 Å². The Morgan fingerprint density at radius 2 is 1.60 bits per heavy atom. The van der Waals surface area contributed by atoms with Gasteiger partial charge in [-0.2, -0.15) is 0 Å². The lowest BCUT2D eigenvalue weighted by molar-refractivity contribution is -0.138. The number of carbonyl (C=O) groups is 3. The van der Waals surface area contributed by atoms with Crippen LogP contribution in [0.2, 0.25) is 0 Å². The van der Waals surface area contributed by atoms with Crippen LogP contribution in [0.4, 0.5) is 4.79 Å². The van der Waals surface area contributed by atoms with E-state index < -0.39 is 12.1 Å². The first-order chi connectivity index (χ1) is 17.0. The Hall–Kier alpha value is -3.39. The minimum atomic E-state index is -0.839. The van der Waals surface area contributed by atoms with Crippen molar-refractivity contribution < 1.29 is 24.2 Å². The quantitative estimate of drug-likeness (QED) is 0.536. The van der Waals surface area contributed by atoms with Crippen LogP contribution in [0.3, 0.4) is 0 Å². The Kier molecular flexibility index (Phi) is 8.36. The van der Waals surface area contributed by atoms with Crippen LogP contribution in [0.5, 0.6) is 0 Å². The molecular formula is C27H33N3O5. The highest BCUT2D eigenvalue weighted by molar-refractivity contribution is 5.79. The van der Waals surface area contributed by atoms with Crippen LogP contribution < -0.4 is 5.32 Å². The number of alkyl carbamates (subject to hydrolysis) is 1. The van der Waals surface area contributed by atoms with Crippen LogP contribution in [0, 0.1) is 0 Å². The lowest BCUT2D eigenvalue weighted by Crippen LogP contribution is -2.36. The van der Waals surface area contributed by atoms with Gasteiger partial charge in [-0.05, 0) is 41.5 Å². The minimum Gasteiger partial charge on any atom is -0.480 e. The van der Waals surface area contributed by atoms with Gasteiger partial charge in [0.25, 0.3) is 0 Å². The number of carboxylic acids is 1. The number of rotatable bonds is 9. The lowest BCUT2D eigenvalue weighted by Gasteiger charge is -2.21. The summed E-state index contributed by atoms with van der Waals surface area (Å²) in [6.45, 7) is 3.25. The molecule has 8 heteroatoms. The van der Waals surface area contributed by atoms with Crippen molar-refractivity contribution in [2.24, 2.45) is 0 Å². The standard InChI is InChI=1S/C27H33N3O5/c31-25(30-15-7-14-29(16-17-30)18-26(32)33)12-5-6-13-28-27(34)35-19-24-22-10-3-1-8-20(22)21-9-2-4-11-23(21)24/h1-4,8-11,24H,5-7,12-19H2,(H,28,34)(H,32,33). The summed E-state index contributed by atoms with van der Waals surface area (Å²) < 4.78 is 5.54. The maximum atomic E-state index is 12.5. The molecular weight excluding hydrogens is 446 g/mol. The number of hydrogen-bond acceptors (Lipinski definition) is 5. The molecule has 1 saturated heterocycles. The summed E-state index contributed by atoms with van der Waals surface area (Å²) >= 11 is 0. The van der Waals surface area contributed by atoms with E-state index in [2.05, 4.69) is 29.6 Å². The van der Waals surface area contributed by atoms with E-state index in [1.54, 1.807) is 0 Å². The first kappa shape index (κ1) is 24.7. The largest absolute Gasteiger partial charge is 0.480 e. The van der Waals surface area contributed by atoms with E-state index in [9.17, 15) is 14.4 Å². The Bertz CT molecular complexity index is 1010. The van der Waals surface area contributed by atoms with Crippen molar-refractivity contribution in [3.63, 3.8) is 0 Å². The van der Waals surface area contributed by atoms with Gasteiger partial charge in [-0.3, -0.25) is 14.5 Å². The van der Waals surface area contributed by atoms with Crippen molar-refractivity contribution >= 4 is 18.0 Å². The second kappa shape index (κ2) is 11.8. The van der Waals surface area contributed by atoms with Crippen molar-refractivity contribution in [3.8, 4) is 11.1 Å². The third-order valence-electron chi connectivity index (χ3n) is 6.73. The molecule has 0 atom stereocenters. The summed E-state index contributed by atoms with van der Waals surface area (Å²) in [7, 11) is 0. The number of ether oxygens (including phenoxy) is 1. The van der Waals surface area contributed by atoms with Gasteiger partial charge in [0.05, 0.1) is 6.54 Å². The number of benzene rings is 2. The molecule has 2 amide bonds. The molecule has 0 radical (unpaired) electrons. The summed E-state index contributed by atoms with van der Waals surface area (Å²) in [5, 5.41) is 11.7. The average Bonchev–Trinajstić information content (AvgIpc) is 2.98. The van der Waals surface area contributed by atoms with Crippen molar-refractivity contribution in [1.29, 1.82) is 0 Å². The van der Waals surface area contributed by atoms with Gasteiger partial charge in [0.2, 0.25) is 5.91 Å². The number of amides is 2. The van der Waals surface area contributed by atoms with Crippen molar-refractivity contribution in [2.45, 2.75) is 31.6 Å². The molecule has 1 heterocycles. The van der Waals surface area contributed by atoms with Gasteiger partial charge in [-0.15, -0.1) is 0 Å². The SMILES string of the molecule is O=C(O)CN1CCCN(C(=O)CCCCNC(=O)OCC2c3ccccc3-c3ccccc32)CC1. The Labute approximate surface area is 205 Å². The second-order valence-electron chi connectivity index (χ2n) is 9.11. The van der Waals surface area contributed by atoms with Crippen LogP contribution in [-0.2, 0) is 14.3 Å². The van der Waals surface area contributed by atoms with Gasteiger partial charge in [0.15, 0.2) is 0 Å². The third-order valence-corrected chi connectivity index (χ3v) is 6.73. The summed E-state index contributed by atoms with van der Waals surface area (Å²) in [5.41, 5.74) is 4.75. The zero-order chi connectivity index (χ0) is 24.6. The Morgan fingerprint density at radius 3 is 2.29 bits per heavy atom. The molecule has 2 aromatic rings. The van der Waals surface area contributed by atoms with Crippen LogP contribution >= 0.6 is 0 Å². The summed E-state index contributed by atoms with van der Waals surface area (Å²) in [6.07, 6.45) is 2.13. The number of carbonyl (C=O) groups excluding carboxylic acids is 2. The van der Waals surface area contributed by atoms with Crippen molar-refractivity contribution in [2.75, 3.05) is 45.9 Å². The van der Waals surface area contributed by atoms with Gasteiger partial charge >= 0.3 is 12.1 Å². The van der Waals surface area contributed by atoms with Crippen LogP contribution in [0.15, 0.2) is 48.5 Å². The molecule has 4 rings (SSSR count). The number of fused-ring (bicyclic) bond motifs is 3. The third kappa shape index (κ3) is 6.39. The van der Waals surface area contributed by atoms with E-state index in [0.717, 1.165) is 6.42 Å². The molecule has 1 fully saturated rings. The zero-order valence-corrected chi connectivity index (χ0v) is 19.9. The number of nitrogens with one attached hydrogen (secondary N) is 1. The monoisotopic (exact) mass is 479 g/mol. The molecule has 186 valence electrons. The van der Waals surface area contributed by atoms with Crippen LogP contribution in [0.1, 0.15) is 42.7 Å². The molecule has 0 bridgehead atoms. The average molecular weight is 480 g/mol. The lowest BCUT2D eigenvalue weighted by atomic mass is 9.98. The Balaban J connectivity index is 1.14. The highest BCUT2D eigenvalue weighted by Crippen LogP contribution is 2.44. The summed E-state index contributed by atoms with van der Waals surface area (Å²) in [5.74, 6) is -0.720. The Morgan fingerprint density at radius 1 is 0.914 bits per heavy atom. The molecule has 2 aliphatic rings. The molecule has 35 heavy (non-hydrogen) atoms. The number of aliphatic carboxylic acids is 1. The van der Waals surface area contributed by atoms with Crippen LogP contribution in [0.25, 0.3) is 11.1 Å². The minimum absolute atomic E-state index is 0.0174. The summed E-state index contributed by atoms with van der Waals surface area (Å²) in [4.78, 5) is 39.3. The van der Waals surface area contributed by atoms with Crippen molar-refractivity contribution in [1.82, 2.24) is 15.1 Å². The predicted molar refractivity (Wildman–Crippen MR) is 132 cm³/mol. The molecule has 1 aliphatic carbocycles. The topological polar surface area (TPSA) is 99.2 Å². The maximum Gasteiger partial charge on any atom is 0.407 e. The molecule has 0 spiro atoms. The number of carboxylic acid groups (broad SMARTS) is 1.